The van der Waals surface area contributed by atoms with Gasteiger partial charge in [0.15, 0.2) is 4.90 Å². The number of nitrogens with one attached hydrogen (secondary N) is 3. The van der Waals surface area contributed by atoms with Crippen LogP contribution in [0.1, 0.15) is 0 Å². The molecular weight excluding hydrogens is 410 g/mol. The van der Waals surface area contributed by atoms with Crippen molar-refractivity contribution in [3.63, 3.8) is 0 Å². The summed E-state index contributed by atoms with van der Waals surface area (Å²) in [7, 11) is 0. The van der Waals surface area contributed by atoms with E-state index in [9.17, 15) is 9.35 Å². The second kappa shape index (κ2) is 10.1. The van der Waals surface area contributed by atoms with Crippen LogP contribution in [0.4, 0.5) is 16.2 Å². The molecule has 0 saturated carbocycles. The third-order valence-corrected chi connectivity index (χ3v) is 5.98. The highest BCUT2D eigenvalue weighted by molar-refractivity contribution is 7.92. The average Bonchev–Trinajstić information content (AvgIpc) is 3.33. The van der Waals surface area contributed by atoms with Crippen LogP contribution in [-0.2, 0) is 16.1 Å². The smallest absolute Gasteiger partial charge is 0.319 e. The molecule has 31 heavy (non-hydrogen) atoms. The molecule has 0 spiro atoms. The highest BCUT2D eigenvalue weighted by atomic mass is 32.2. The molecule has 2 unspecified atom stereocenters. The maximum atomic E-state index is 13.0. The van der Waals surface area contributed by atoms with Crippen LogP contribution >= 0.6 is 0 Å². The molecule has 0 saturated heterocycles. The second-order valence-corrected chi connectivity index (χ2v) is 8.25. The van der Waals surface area contributed by atoms with Gasteiger partial charge in [-0.15, -0.1) is 0 Å². The first kappa shape index (κ1) is 20.8. The van der Waals surface area contributed by atoms with Crippen LogP contribution in [0.2, 0.25) is 0 Å². The van der Waals surface area contributed by atoms with Gasteiger partial charge in [0.25, 0.3) is 0 Å². The highest BCUT2D eigenvalue weighted by Crippen LogP contribution is 2.28. The van der Waals surface area contributed by atoms with Crippen molar-refractivity contribution >= 4 is 28.8 Å². The van der Waals surface area contributed by atoms with Crippen LogP contribution in [-0.4, -0.2) is 23.7 Å². The van der Waals surface area contributed by atoms with Crippen LogP contribution in [0.3, 0.4) is 0 Å². The van der Waals surface area contributed by atoms with E-state index in [0.717, 1.165) is 11.1 Å². The molecular formula is C24H23N3O3S. The van der Waals surface area contributed by atoms with Crippen molar-refractivity contribution in [3.8, 4) is 11.1 Å². The fourth-order valence-electron chi connectivity index (χ4n) is 3.20. The summed E-state index contributed by atoms with van der Waals surface area (Å²) in [6.45, 7) is 1.10. The molecule has 0 bridgehead atoms. The normalized spacial score (nSPS) is 15.7. The number of anilines is 2. The number of urea groups is 1. The average molecular weight is 434 g/mol. The first-order chi connectivity index (χ1) is 15.2. The van der Waals surface area contributed by atoms with Crippen molar-refractivity contribution in [3.05, 3.63) is 91.2 Å². The number of hydrogen-bond acceptors (Lipinski definition) is 4. The van der Waals surface area contributed by atoms with Gasteiger partial charge in [-0.1, -0.05) is 42.5 Å². The largest absolute Gasteiger partial charge is 0.588 e. The number of benzene rings is 3. The summed E-state index contributed by atoms with van der Waals surface area (Å²) < 4.78 is 21.2. The van der Waals surface area contributed by atoms with E-state index in [1.165, 1.54) is 0 Å². The molecule has 2 amide bonds. The van der Waals surface area contributed by atoms with Gasteiger partial charge in [-0.3, -0.25) is 0 Å². The van der Waals surface area contributed by atoms with Crippen LogP contribution in [0.5, 0.6) is 0 Å². The number of carbonyl (C=O) groups is 1. The monoisotopic (exact) mass is 433 g/mol. The quantitative estimate of drug-likeness (QED) is 0.469. The van der Waals surface area contributed by atoms with Crippen molar-refractivity contribution in [1.29, 1.82) is 0 Å². The zero-order valence-electron chi connectivity index (χ0n) is 16.8. The van der Waals surface area contributed by atoms with Crippen molar-refractivity contribution in [2.45, 2.75) is 4.90 Å². The van der Waals surface area contributed by atoms with Crippen molar-refractivity contribution in [2.24, 2.45) is 5.92 Å². The Hall–Kier alpha value is -3.42. The summed E-state index contributed by atoms with van der Waals surface area (Å²) in [5, 5.41) is 5.61. The van der Waals surface area contributed by atoms with Crippen LogP contribution in [0, 0.1) is 5.92 Å². The van der Waals surface area contributed by atoms with Gasteiger partial charge in [-0.25, -0.2) is 9.52 Å². The van der Waals surface area contributed by atoms with Crippen molar-refractivity contribution < 1.29 is 14.1 Å². The summed E-state index contributed by atoms with van der Waals surface area (Å²) in [5.74, 6) is 0.200. The lowest BCUT2D eigenvalue weighted by Gasteiger charge is -2.15. The second-order valence-electron chi connectivity index (χ2n) is 7.07. The predicted octanol–water partition coefficient (Wildman–Crippen LogP) is 4.77. The van der Waals surface area contributed by atoms with E-state index in [2.05, 4.69) is 15.4 Å². The molecule has 0 aliphatic carbocycles. The van der Waals surface area contributed by atoms with Crippen molar-refractivity contribution in [1.82, 2.24) is 5.32 Å². The Morgan fingerprint density at radius 1 is 0.968 bits per heavy atom. The number of amides is 2. The van der Waals surface area contributed by atoms with Crippen LogP contribution in [0.25, 0.3) is 11.1 Å². The molecule has 2 atom stereocenters. The fraction of sp³-hybridized carbons (Fsp3) is 0.125. The summed E-state index contributed by atoms with van der Waals surface area (Å²) in [6, 6.07) is 24.3. The maximum Gasteiger partial charge on any atom is 0.319 e. The molecule has 7 heteroatoms. The molecule has 158 valence electrons. The van der Waals surface area contributed by atoms with Gasteiger partial charge in [0.1, 0.15) is 11.4 Å². The molecule has 3 aromatic rings. The Kier molecular flexibility index (Phi) is 6.76. The molecule has 3 N–H and O–H groups in total. The molecule has 1 heterocycles. The molecule has 4 rings (SSSR count). The third kappa shape index (κ3) is 5.59. The Morgan fingerprint density at radius 3 is 2.42 bits per heavy atom. The van der Waals surface area contributed by atoms with Gasteiger partial charge in [0.2, 0.25) is 0 Å². The Bertz CT molecular complexity index is 1040. The summed E-state index contributed by atoms with van der Waals surface area (Å²) in [5.41, 5.74) is 3.28. The molecule has 1 aliphatic heterocycles. The minimum absolute atomic E-state index is 0.200. The lowest BCUT2D eigenvalue weighted by molar-refractivity contribution is 0.237. The standard InChI is InChI=1S/C24H23N3O3S/c28-24(25-16-18-14-15-30-17-18)26-20-10-12-21(13-11-20)27-31(29)23-9-5-4-8-22(23)19-6-2-1-3-7-19/h1-15,18,27H,16-17H2,(H2,25,26,28). The van der Waals surface area contributed by atoms with E-state index >= 15 is 0 Å². The van der Waals surface area contributed by atoms with E-state index in [4.69, 9.17) is 4.74 Å². The van der Waals surface area contributed by atoms with E-state index in [-0.39, 0.29) is 11.9 Å². The summed E-state index contributed by atoms with van der Waals surface area (Å²) >= 11 is -1.44. The van der Waals surface area contributed by atoms with Gasteiger partial charge in [-0.2, -0.15) is 0 Å². The Labute approximate surface area is 184 Å². The van der Waals surface area contributed by atoms with Crippen LogP contribution < -0.4 is 15.4 Å². The first-order valence-electron chi connectivity index (χ1n) is 9.95. The lowest BCUT2D eigenvalue weighted by Crippen LogP contribution is -2.33. The minimum Gasteiger partial charge on any atom is -0.588 e. The predicted molar refractivity (Wildman–Crippen MR) is 124 cm³/mol. The summed E-state index contributed by atoms with van der Waals surface area (Å²) in [6.07, 6.45) is 3.58. The lowest BCUT2D eigenvalue weighted by atomic mass is 10.1. The molecule has 6 nitrogen and oxygen atoms in total. The fourth-order valence-corrected chi connectivity index (χ4v) is 4.24. The Balaban J connectivity index is 1.36. The van der Waals surface area contributed by atoms with Gasteiger partial charge >= 0.3 is 6.03 Å². The molecule has 0 aromatic heterocycles. The van der Waals surface area contributed by atoms with E-state index < -0.39 is 11.4 Å². The van der Waals surface area contributed by atoms with E-state index in [1.54, 1.807) is 30.5 Å². The van der Waals surface area contributed by atoms with Gasteiger partial charge < -0.3 is 19.9 Å². The molecule has 1 aliphatic rings. The van der Waals surface area contributed by atoms with Crippen LogP contribution in [0.15, 0.2) is 96.1 Å². The van der Waals surface area contributed by atoms with E-state index in [0.29, 0.717) is 29.4 Å². The zero-order chi connectivity index (χ0) is 21.5. The third-order valence-electron chi connectivity index (χ3n) is 4.81. The highest BCUT2D eigenvalue weighted by Gasteiger charge is 2.18. The SMILES string of the molecule is O=C(NCC1C=COC1)Nc1ccc(N[S+]([O-])c2ccccc2-c2ccccc2)cc1. The first-order valence-corrected chi connectivity index (χ1v) is 11.1. The number of hydrogen-bond donors (Lipinski definition) is 3. The topological polar surface area (TPSA) is 85.5 Å². The maximum absolute atomic E-state index is 13.0. The molecule has 0 radical (unpaired) electrons. The van der Waals surface area contributed by atoms with E-state index in [1.807, 2.05) is 60.7 Å². The summed E-state index contributed by atoms with van der Waals surface area (Å²) in [4.78, 5) is 12.7. The van der Waals surface area contributed by atoms with Gasteiger partial charge in [0.05, 0.1) is 18.6 Å². The number of carbonyl (C=O) groups excluding carboxylic acids is 1. The number of rotatable bonds is 7. The molecule has 3 aromatic carbocycles. The number of ether oxygens (including phenoxy) is 1. The molecule has 0 fully saturated rings. The van der Waals surface area contributed by atoms with Crippen molar-refractivity contribution in [2.75, 3.05) is 23.2 Å². The Morgan fingerprint density at radius 2 is 1.68 bits per heavy atom. The zero-order valence-corrected chi connectivity index (χ0v) is 17.6. The van der Waals surface area contributed by atoms with Gasteiger partial charge in [0, 0.05) is 23.7 Å². The van der Waals surface area contributed by atoms with Gasteiger partial charge in [-0.05, 0) is 48.0 Å². The minimum atomic E-state index is -1.44.